The third-order valence-corrected chi connectivity index (χ3v) is 5.02. The van der Waals surface area contributed by atoms with Crippen molar-refractivity contribution in [2.24, 2.45) is 11.0 Å². The van der Waals surface area contributed by atoms with E-state index in [1.165, 1.54) is 22.3 Å². The van der Waals surface area contributed by atoms with Crippen molar-refractivity contribution in [3.05, 3.63) is 64.0 Å². The largest absolute Gasteiger partial charge is 0.493 e. The Balaban J connectivity index is 1.63. The molecule has 0 fully saturated rings. The Labute approximate surface area is 171 Å². The Bertz CT molecular complexity index is 935. The molecule has 0 aliphatic rings. The molecular formula is C23H27N3OS. The first-order valence-electron chi connectivity index (χ1n) is 9.48. The van der Waals surface area contributed by atoms with Crippen LogP contribution in [0, 0.1) is 26.7 Å². The number of benzene rings is 2. The first kappa shape index (κ1) is 20.1. The molecule has 1 heterocycles. The summed E-state index contributed by atoms with van der Waals surface area (Å²) >= 11 is 1.56. The van der Waals surface area contributed by atoms with Crippen molar-refractivity contribution in [3.63, 3.8) is 0 Å². The molecule has 0 radical (unpaired) electrons. The molecule has 3 aromatic rings. The molecule has 1 aromatic heterocycles. The molecule has 5 heteroatoms. The maximum Gasteiger partial charge on any atom is 0.203 e. The molecule has 146 valence electrons. The van der Waals surface area contributed by atoms with E-state index in [0.29, 0.717) is 5.92 Å². The topological polar surface area (TPSA) is 46.5 Å². The fourth-order valence-electron chi connectivity index (χ4n) is 3.10. The molecule has 0 atom stereocenters. The highest BCUT2D eigenvalue weighted by Crippen LogP contribution is 2.31. The second kappa shape index (κ2) is 9.02. The quantitative estimate of drug-likeness (QED) is 0.383. The van der Waals surface area contributed by atoms with Gasteiger partial charge in [0.15, 0.2) is 0 Å². The lowest BCUT2D eigenvalue weighted by molar-refractivity contribution is 0.271. The number of hydrogen-bond donors (Lipinski definition) is 1. The van der Waals surface area contributed by atoms with E-state index in [1.54, 1.807) is 17.6 Å². The summed E-state index contributed by atoms with van der Waals surface area (Å²) < 4.78 is 5.70. The van der Waals surface area contributed by atoms with E-state index in [-0.39, 0.29) is 0 Å². The van der Waals surface area contributed by atoms with Gasteiger partial charge in [-0.05, 0) is 67.6 Å². The van der Waals surface area contributed by atoms with Gasteiger partial charge in [0, 0.05) is 10.9 Å². The van der Waals surface area contributed by atoms with Crippen LogP contribution in [0.4, 0.5) is 5.13 Å². The van der Waals surface area contributed by atoms with Gasteiger partial charge in [-0.25, -0.2) is 4.98 Å². The third-order valence-electron chi connectivity index (χ3n) is 4.27. The van der Waals surface area contributed by atoms with Crippen LogP contribution in [0.1, 0.15) is 36.1 Å². The predicted molar refractivity (Wildman–Crippen MR) is 120 cm³/mol. The van der Waals surface area contributed by atoms with Crippen molar-refractivity contribution in [1.29, 1.82) is 0 Å². The average molecular weight is 394 g/mol. The van der Waals surface area contributed by atoms with Crippen molar-refractivity contribution >= 4 is 22.7 Å². The van der Waals surface area contributed by atoms with Gasteiger partial charge in [-0.2, -0.15) is 5.10 Å². The zero-order chi connectivity index (χ0) is 20.1. The Hall–Kier alpha value is -2.66. The molecule has 4 nitrogen and oxygen atoms in total. The summed E-state index contributed by atoms with van der Waals surface area (Å²) in [5, 5.41) is 7.17. The molecule has 0 aliphatic carbocycles. The van der Waals surface area contributed by atoms with Crippen molar-refractivity contribution in [2.75, 3.05) is 12.0 Å². The number of nitrogens with zero attached hydrogens (tertiary/aromatic N) is 2. The lowest BCUT2D eigenvalue weighted by Crippen LogP contribution is -2.04. The zero-order valence-corrected chi connectivity index (χ0v) is 17.9. The normalized spacial score (nSPS) is 11.4. The van der Waals surface area contributed by atoms with Crippen LogP contribution >= 0.6 is 11.3 Å². The molecular weight excluding hydrogens is 366 g/mol. The maximum atomic E-state index is 5.70. The molecule has 1 N–H and O–H groups in total. The van der Waals surface area contributed by atoms with Gasteiger partial charge in [-0.3, -0.25) is 5.43 Å². The van der Waals surface area contributed by atoms with E-state index in [2.05, 4.69) is 62.7 Å². The SMILES string of the molecule is Cc1cc(C)c(-c2csc(N/N=C\c3ccc(OCC(C)C)cc3)n2)c(C)c1. The van der Waals surface area contributed by atoms with Gasteiger partial charge < -0.3 is 4.74 Å². The molecule has 28 heavy (non-hydrogen) atoms. The lowest BCUT2D eigenvalue weighted by atomic mass is 9.98. The highest BCUT2D eigenvalue weighted by molar-refractivity contribution is 7.14. The highest BCUT2D eigenvalue weighted by Gasteiger charge is 2.10. The van der Waals surface area contributed by atoms with Gasteiger partial charge in [0.1, 0.15) is 5.75 Å². The predicted octanol–water partition coefficient (Wildman–Crippen LogP) is 6.22. The summed E-state index contributed by atoms with van der Waals surface area (Å²) in [6.07, 6.45) is 1.79. The number of ether oxygens (including phenoxy) is 1. The van der Waals surface area contributed by atoms with E-state index in [9.17, 15) is 0 Å². The lowest BCUT2D eigenvalue weighted by Gasteiger charge is -2.08. The smallest absolute Gasteiger partial charge is 0.203 e. The van der Waals surface area contributed by atoms with Crippen LogP contribution in [-0.2, 0) is 0 Å². The molecule has 0 unspecified atom stereocenters. The number of rotatable bonds is 7. The molecule has 0 spiro atoms. The van der Waals surface area contributed by atoms with Gasteiger partial charge in [0.05, 0.1) is 18.5 Å². The first-order valence-corrected chi connectivity index (χ1v) is 10.4. The number of nitrogens with one attached hydrogen (secondary N) is 1. The summed E-state index contributed by atoms with van der Waals surface area (Å²) in [7, 11) is 0. The van der Waals surface area contributed by atoms with Crippen LogP contribution in [0.25, 0.3) is 11.3 Å². The van der Waals surface area contributed by atoms with Crippen LogP contribution in [0.5, 0.6) is 5.75 Å². The van der Waals surface area contributed by atoms with Gasteiger partial charge >= 0.3 is 0 Å². The molecule has 0 aliphatic heterocycles. The van der Waals surface area contributed by atoms with Crippen LogP contribution in [0.2, 0.25) is 0 Å². The number of anilines is 1. The van der Waals surface area contributed by atoms with E-state index < -0.39 is 0 Å². The Morgan fingerprint density at radius 2 is 1.79 bits per heavy atom. The number of thiazole rings is 1. The summed E-state index contributed by atoms with van der Waals surface area (Å²) in [6.45, 7) is 11.4. The van der Waals surface area contributed by atoms with Crippen LogP contribution in [0.3, 0.4) is 0 Å². The van der Waals surface area contributed by atoms with Crippen molar-refractivity contribution < 1.29 is 4.74 Å². The number of hydrogen-bond acceptors (Lipinski definition) is 5. The van der Waals surface area contributed by atoms with Crippen molar-refractivity contribution in [3.8, 4) is 17.0 Å². The number of aromatic nitrogens is 1. The molecule has 2 aromatic carbocycles. The average Bonchev–Trinajstić information content (AvgIpc) is 3.08. The van der Waals surface area contributed by atoms with Gasteiger partial charge in [-0.1, -0.05) is 31.5 Å². The summed E-state index contributed by atoms with van der Waals surface area (Å²) in [5.41, 5.74) is 10.0. The fraction of sp³-hybridized carbons (Fsp3) is 0.304. The minimum atomic E-state index is 0.515. The highest BCUT2D eigenvalue weighted by atomic mass is 32.1. The van der Waals surface area contributed by atoms with Crippen molar-refractivity contribution in [2.45, 2.75) is 34.6 Å². The van der Waals surface area contributed by atoms with Gasteiger partial charge in [0.2, 0.25) is 5.13 Å². The summed E-state index contributed by atoms with van der Waals surface area (Å²) in [4.78, 5) is 4.69. The van der Waals surface area contributed by atoms with E-state index in [0.717, 1.165) is 28.7 Å². The monoisotopic (exact) mass is 393 g/mol. The van der Waals surface area contributed by atoms with Crippen LogP contribution in [0.15, 0.2) is 46.9 Å². The Kier molecular flexibility index (Phi) is 6.47. The number of hydrazone groups is 1. The molecule has 0 bridgehead atoms. The fourth-order valence-corrected chi connectivity index (χ4v) is 3.75. The zero-order valence-electron chi connectivity index (χ0n) is 17.1. The summed E-state index contributed by atoms with van der Waals surface area (Å²) in [5.74, 6) is 1.40. The minimum Gasteiger partial charge on any atom is -0.493 e. The van der Waals surface area contributed by atoms with Crippen LogP contribution in [-0.4, -0.2) is 17.8 Å². The summed E-state index contributed by atoms with van der Waals surface area (Å²) in [6, 6.07) is 12.3. The third kappa shape index (κ3) is 5.20. The van der Waals surface area contributed by atoms with E-state index in [4.69, 9.17) is 9.72 Å². The van der Waals surface area contributed by atoms with Gasteiger partial charge in [-0.15, -0.1) is 11.3 Å². The maximum absolute atomic E-state index is 5.70. The van der Waals surface area contributed by atoms with E-state index >= 15 is 0 Å². The Morgan fingerprint density at radius 1 is 1.11 bits per heavy atom. The van der Waals surface area contributed by atoms with Crippen molar-refractivity contribution in [1.82, 2.24) is 4.98 Å². The molecule has 0 saturated carbocycles. The van der Waals surface area contributed by atoms with Crippen LogP contribution < -0.4 is 10.2 Å². The second-order valence-corrected chi connectivity index (χ2v) is 8.31. The first-order chi connectivity index (χ1) is 13.4. The molecule has 3 rings (SSSR count). The van der Waals surface area contributed by atoms with E-state index in [1.807, 2.05) is 24.3 Å². The molecule has 0 amide bonds. The Morgan fingerprint density at radius 3 is 2.43 bits per heavy atom. The standard InChI is InChI=1S/C23H27N3OS/c1-15(2)13-27-20-8-6-19(7-9-20)12-24-26-23-25-21(14-28-23)22-17(4)10-16(3)11-18(22)5/h6-12,14-15H,13H2,1-5H3,(H,25,26)/b24-12-. The number of aryl methyl sites for hydroxylation is 3. The van der Waals surface area contributed by atoms with Gasteiger partial charge in [0.25, 0.3) is 0 Å². The second-order valence-electron chi connectivity index (χ2n) is 7.46. The minimum absolute atomic E-state index is 0.515. The molecule has 0 saturated heterocycles.